The molecule has 2 N–H and O–H groups in total. The van der Waals surface area contributed by atoms with Crippen molar-refractivity contribution in [2.75, 3.05) is 6.54 Å². The molecule has 1 heterocycles. The molecule has 15 heavy (non-hydrogen) atoms. The Morgan fingerprint density at radius 1 is 1.20 bits per heavy atom. The summed E-state index contributed by atoms with van der Waals surface area (Å²) in [5.74, 6) is 0. The van der Waals surface area contributed by atoms with Crippen LogP contribution >= 0.6 is 15.9 Å². The van der Waals surface area contributed by atoms with E-state index in [2.05, 4.69) is 44.9 Å². The third-order valence-electron chi connectivity index (χ3n) is 2.32. The molecule has 0 aliphatic heterocycles. The molecule has 0 radical (unpaired) electrons. The average molecular weight is 265 g/mol. The Morgan fingerprint density at radius 2 is 2.07 bits per heavy atom. The Morgan fingerprint density at radius 3 is 2.80 bits per heavy atom. The predicted octanol–water partition coefficient (Wildman–Crippen LogP) is 2.74. The van der Waals surface area contributed by atoms with Gasteiger partial charge in [0.1, 0.15) is 0 Å². The molecule has 0 aliphatic rings. The van der Waals surface area contributed by atoms with E-state index in [1.807, 2.05) is 18.2 Å². The summed E-state index contributed by atoms with van der Waals surface area (Å²) in [6.45, 7) is 0.679. The molecule has 3 heteroatoms. The monoisotopic (exact) mass is 264 g/mol. The normalized spacial score (nSPS) is 10.5. The van der Waals surface area contributed by atoms with Crippen LogP contribution in [0.5, 0.6) is 0 Å². The third kappa shape index (κ3) is 2.30. The first kappa shape index (κ1) is 10.5. The van der Waals surface area contributed by atoms with Gasteiger partial charge in [0.25, 0.3) is 0 Å². The van der Waals surface area contributed by atoms with Crippen molar-refractivity contribution >= 4 is 15.9 Å². The fraction of sp³-hybridized carbons (Fsp3) is 0.167. The summed E-state index contributed by atoms with van der Waals surface area (Å²) in [5.41, 5.74) is 7.98. The lowest BCUT2D eigenvalue weighted by Gasteiger charge is -2.08. The van der Waals surface area contributed by atoms with Crippen LogP contribution in [-0.2, 0) is 6.42 Å². The van der Waals surface area contributed by atoms with Crippen LogP contribution in [0.4, 0.5) is 0 Å². The van der Waals surface area contributed by atoms with Gasteiger partial charge in [-0.15, -0.1) is 0 Å². The first-order valence-corrected chi connectivity index (χ1v) is 5.73. The molecule has 0 amide bonds. The van der Waals surface area contributed by atoms with Gasteiger partial charge in [-0.25, -0.2) is 0 Å². The van der Waals surface area contributed by atoms with E-state index in [0.29, 0.717) is 6.54 Å². The topological polar surface area (TPSA) is 30.9 Å². The van der Waals surface area contributed by atoms with Crippen molar-refractivity contribution in [1.82, 2.24) is 4.57 Å². The molecule has 2 aromatic rings. The number of hydrogen-bond donors (Lipinski definition) is 1. The molecule has 0 fully saturated rings. The zero-order valence-electron chi connectivity index (χ0n) is 8.36. The van der Waals surface area contributed by atoms with Crippen LogP contribution in [0.15, 0.2) is 47.1 Å². The van der Waals surface area contributed by atoms with E-state index in [1.165, 1.54) is 5.69 Å². The highest BCUT2D eigenvalue weighted by Crippen LogP contribution is 2.17. The molecular weight excluding hydrogens is 252 g/mol. The van der Waals surface area contributed by atoms with Gasteiger partial charge in [-0.1, -0.05) is 22.0 Å². The van der Waals surface area contributed by atoms with Crippen LogP contribution in [0.2, 0.25) is 0 Å². The first-order chi connectivity index (χ1) is 7.31. The summed E-state index contributed by atoms with van der Waals surface area (Å²) in [5, 5.41) is 0. The van der Waals surface area contributed by atoms with E-state index >= 15 is 0 Å². The quantitative estimate of drug-likeness (QED) is 0.908. The Bertz CT molecular complexity index is 448. The minimum Gasteiger partial charge on any atom is -0.330 e. The van der Waals surface area contributed by atoms with Crippen LogP contribution in [0.3, 0.4) is 0 Å². The SMILES string of the molecule is NCCc1cccn1-c1cccc(Br)c1. The van der Waals surface area contributed by atoms with Crippen molar-refractivity contribution in [3.05, 3.63) is 52.8 Å². The van der Waals surface area contributed by atoms with E-state index in [-0.39, 0.29) is 0 Å². The fourth-order valence-electron chi connectivity index (χ4n) is 1.65. The van der Waals surface area contributed by atoms with Crippen LogP contribution in [0.25, 0.3) is 5.69 Å². The largest absolute Gasteiger partial charge is 0.330 e. The summed E-state index contributed by atoms with van der Waals surface area (Å²) < 4.78 is 3.25. The van der Waals surface area contributed by atoms with Crippen molar-refractivity contribution in [2.45, 2.75) is 6.42 Å². The summed E-state index contributed by atoms with van der Waals surface area (Å²) in [7, 11) is 0. The molecule has 78 valence electrons. The van der Waals surface area contributed by atoms with Crippen LogP contribution in [0.1, 0.15) is 5.69 Å². The van der Waals surface area contributed by atoms with Gasteiger partial charge < -0.3 is 10.3 Å². The Kier molecular flexibility index (Phi) is 3.23. The summed E-state index contributed by atoms with van der Waals surface area (Å²) >= 11 is 3.47. The van der Waals surface area contributed by atoms with Gasteiger partial charge in [-0.2, -0.15) is 0 Å². The standard InChI is InChI=1S/C12H13BrN2/c13-10-3-1-4-12(9-10)15-8-2-5-11(15)6-7-14/h1-5,8-9H,6-7,14H2. The maximum atomic E-state index is 5.57. The van der Waals surface area contributed by atoms with E-state index in [0.717, 1.165) is 16.6 Å². The van der Waals surface area contributed by atoms with Crippen molar-refractivity contribution in [1.29, 1.82) is 0 Å². The summed E-state index contributed by atoms with van der Waals surface area (Å²) in [6.07, 6.45) is 2.96. The minimum atomic E-state index is 0.679. The number of benzene rings is 1. The zero-order chi connectivity index (χ0) is 10.7. The second-order valence-corrected chi connectivity index (χ2v) is 4.30. The number of nitrogens with zero attached hydrogens (tertiary/aromatic N) is 1. The Balaban J connectivity index is 2.40. The van der Waals surface area contributed by atoms with Crippen LogP contribution in [-0.4, -0.2) is 11.1 Å². The van der Waals surface area contributed by atoms with Gasteiger partial charge >= 0.3 is 0 Å². The lowest BCUT2D eigenvalue weighted by Crippen LogP contribution is -2.07. The second kappa shape index (κ2) is 4.64. The molecule has 0 spiro atoms. The number of rotatable bonds is 3. The smallest absolute Gasteiger partial charge is 0.0463 e. The Labute approximate surface area is 97.8 Å². The van der Waals surface area contributed by atoms with E-state index in [9.17, 15) is 0 Å². The number of aromatic nitrogens is 1. The van der Waals surface area contributed by atoms with Gasteiger partial charge in [0.15, 0.2) is 0 Å². The molecule has 2 nitrogen and oxygen atoms in total. The lowest BCUT2D eigenvalue weighted by atomic mass is 10.3. The van der Waals surface area contributed by atoms with E-state index in [4.69, 9.17) is 5.73 Å². The molecule has 1 aromatic carbocycles. The maximum Gasteiger partial charge on any atom is 0.0463 e. The number of halogens is 1. The van der Waals surface area contributed by atoms with Crippen LogP contribution in [0, 0.1) is 0 Å². The summed E-state index contributed by atoms with van der Waals surface area (Å²) in [6, 6.07) is 12.4. The molecule has 2 rings (SSSR count). The van der Waals surface area contributed by atoms with Gasteiger partial charge in [0.2, 0.25) is 0 Å². The van der Waals surface area contributed by atoms with Gasteiger partial charge in [0.05, 0.1) is 0 Å². The maximum absolute atomic E-state index is 5.57. The number of hydrogen-bond acceptors (Lipinski definition) is 1. The van der Waals surface area contributed by atoms with Crippen molar-refractivity contribution in [3.63, 3.8) is 0 Å². The molecule has 1 aromatic heterocycles. The van der Waals surface area contributed by atoms with Gasteiger partial charge in [-0.3, -0.25) is 0 Å². The van der Waals surface area contributed by atoms with Gasteiger partial charge in [0, 0.05) is 28.5 Å². The molecule has 0 unspecified atom stereocenters. The van der Waals surface area contributed by atoms with E-state index in [1.54, 1.807) is 0 Å². The molecule has 0 saturated carbocycles. The number of nitrogens with two attached hydrogens (primary N) is 1. The fourth-order valence-corrected chi connectivity index (χ4v) is 2.03. The van der Waals surface area contributed by atoms with Crippen molar-refractivity contribution in [2.24, 2.45) is 5.73 Å². The average Bonchev–Trinajstić information content (AvgIpc) is 2.66. The molecule has 0 aliphatic carbocycles. The first-order valence-electron chi connectivity index (χ1n) is 4.93. The zero-order valence-corrected chi connectivity index (χ0v) is 9.94. The summed E-state index contributed by atoms with van der Waals surface area (Å²) in [4.78, 5) is 0. The van der Waals surface area contributed by atoms with Gasteiger partial charge in [-0.05, 0) is 36.9 Å². The highest BCUT2D eigenvalue weighted by atomic mass is 79.9. The predicted molar refractivity (Wildman–Crippen MR) is 66.2 cm³/mol. The minimum absolute atomic E-state index is 0.679. The molecule has 0 atom stereocenters. The molecular formula is C12H13BrN2. The second-order valence-electron chi connectivity index (χ2n) is 3.39. The van der Waals surface area contributed by atoms with E-state index < -0.39 is 0 Å². The van der Waals surface area contributed by atoms with Crippen LogP contribution < -0.4 is 5.73 Å². The lowest BCUT2D eigenvalue weighted by molar-refractivity contribution is 0.874. The highest BCUT2D eigenvalue weighted by Gasteiger charge is 2.02. The van der Waals surface area contributed by atoms with Crippen molar-refractivity contribution < 1.29 is 0 Å². The molecule has 0 bridgehead atoms. The van der Waals surface area contributed by atoms with Crippen molar-refractivity contribution in [3.8, 4) is 5.69 Å². The Hall–Kier alpha value is -1.06. The highest BCUT2D eigenvalue weighted by molar-refractivity contribution is 9.10. The third-order valence-corrected chi connectivity index (χ3v) is 2.81. The molecule has 0 saturated heterocycles.